The van der Waals surface area contributed by atoms with E-state index in [9.17, 15) is 9.59 Å². The summed E-state index contributed by atoms with van der Waals surface area (Å²) in [5.41, 5.74) is 0. The monoisotopic (exact) mass is 297 g/mol. The molecule has 5 heteroatoms. The second kappa shape index (κ2) is 9.03. The quantitative estimate of drug-likeness (QED) is 0.746. The highest BCUT2D eigenvalue weighted by Crippen LogP contribution is 2.29. The number of carbonyl (C=O) groups excluding carboxylic acids is 2. The SMILES string of the molecule is CCNC(=O)CN(CC)CC(=O)NC1CCCC(C)C1C. The molecule has 1 fully saturated rings. The van der Waals surface area contributed by atoms with Crippen LogP contribution in [0.25, 0.3) is 0 Å². The minimum Gasteiger partial charge on any atom is -0.355 e. The molecule has 0 aromatic carbocycles. The standard InChI is InChI=1S/C16H31N3O2/c1-5-17-15(20)10-19(6-2)11-16(21)18-14-9-7-8-12(3)13(14)4/h12-14H,5-11H2,1-4H3,(H,17,20)(H,18,21). The lowest BCUT2D eigenvalue weighted by atomic mass is 9.78. The maximum absolute atomic E-state index is 12.2. The molecule has 0 bridgehead atoms. The molecule has 0 radical (unpaired) electrons. The minimum atomic E-state index is -0.0215. The van der Waals surface area contributed by atoms with Gasteiger partial charge < -0.3 is 10.6 Å². The molecule has 1 saturated carbocycles. The van der Waals surface area contributed by atoms with E-state index in [1.807, 2.05) is 18.7 Å². The number of likely N-dealkylation sites (N-methyl/N-ethyl adjacent to an activating group) is 2. The fraction of sp³-hybridized carbons (Fsp3) is 0.875. The highest BCUT2D eigenvalue weighted by Gasteiger charge is 2.28. The van der Waals surface area contributed by atoms with E-state index in [-0.39, 0.29) is 24.4 Å². The molecule has 2 amide bonds. The third-order valence-corrected chi connectivity index (χ3v) is 4.61. The number of nitrogens with one attached hydrogen (secondary N) is 2. The lowest BCUT2D eigenvalue weighted by molar-refractivity contribution is -0.125. The Balaban J connectivity index is 2.41. The van der Waals surface area contributed by atoms with Gasteiger partial charge in [-0.1, -0.05) is 33.6 Å². The second-order valence-corrected chi connectivity index (χ2v) is 6.20. The Morgan fingerprint density at radius 2 is 1.76 bits per heavy atom. The first-order valence-corrected chi connectivity index (χ1v) is 8.26. The molecule has 0 heterocycles. The highest BCUT2D eigenvalue weighted by molar-refractivity contribution is 5.81. The number of rotatable bonds is 7. The summed E-state index contributed by atoms with van der Waals surface area (Å²) in [5.74, 6) is 1.21. The first-order valence-electron chi connectivity index (χ1n) is 8.26. The van der Waals surface area contributed by atoms with Crippen molar-refractivity contribution in [2.75, 3.05) is 26.2 Å². The van der Waals surface area contributed by atoms with Gasteiger partial charge in [-0.25, -0.2) is 0 Å². The van der Waals surface area contributed by atoms with Crippen LogP contribution >= 0.6 is 0 Å². The van der Waals surface area contributed by atoms with Crippen LogP contribution in [0.5, 0.6) is 0 Å². The number of hydrogen-bond acceptors (Lipinski definition) is 3. The summed E-state index contributed by atoms with van der Waals surface area (Å²) in [4.78, 5) is 25.7. The zero-order chi connectivity index (χ0) is 15.8. The summed E-state index contributed by atoms with van der Waals surface area (Å²) in [6, 6.07) is 0.282. The third-order valence-electron chi connectivity index (χ3n) is 4.61. The summed E-state index contributed by atoms with van der Waals surface area (Å²) in [6.45, 7) is 10.3. The van der Waals surface area contributed by atoms with Gasteiger partial charge in [0.25, 0.3) is 0 Å². The van der Waals surface area contributed by atoms with E-state index in [1.54, 1.807) is 0 Å². The van der Waals surface area contributed by atoms with Gasteiger partial charge in [0.2, 0.25) is 11.8 Å². The van der Waals surface area contributed by atoms with Gasteiger partial charge in [0.05, 0.1) is 13.1 Å². The van der Waals surface area contributed by atoms with Crippen molar-refractivity contribution in [2.45, 2.75) is 53.0 Å². The first-order chi connectivity index (χ1) is 9.97. The van der Waals surface area contributed by atoms with Gasteiger partial charge in [0, 0.05) is 12.6 Å². The molecule has 1 aliphatic carbocycles. The summed E-state index contributed by atoms with van der Waals surface area (Å²) >= 11 is 0. The van der Waals surface area contributed by atoms with Crippen molar-refractivity contribution in [1.29, 1.82) is 0 Å². The minimum absolute atomic E-state index is 0.0215. The summed E-state index contributed by atoms with van der Waals surface area (Å²) in [7, 11) is 0. The molecule has 2 N–H and O–H groups in total. The smallest absolute Gasteiger partial charge is 0.234 e. The zero-order valence-corrected chi connectivity index (χ0v) is 13.9. The average molecular weight is 297 g/mol. The van der Waals surface area contributed by atoms with E-state index < -0.39 is 0 Å². The predicted octanol–water partition coefficient (Wildman–Crippen LogP) is 1.39. The fourth-order valence-corrected chi connectivity index (χ4v) is 2.98. The van der Waals surface area contributed by atoms with Crippen LogP contribution in [0, 0.1) is 11.8 Å². The van der Waals surface area contributed by atoms with Crippen LogP contribution in [0.2, 0.25) is 0 Å². The summed E-state index contributed by atoms with van der Waals surface area (Å²) in [6.07, 6.45) is 3.51. The fourth-order valence-electron chi connectivity index (χ4n) is 2.98. The average Bonchev–Trinajstić information content (AvgIpc) is 2.43. The zero-order valence-electron chi connectivity index (χ0n) is 13.9. The van der Waals surface area contributed by atoms with Crippen molar-refractivity contribution in [2.24, 2.45) is 11.8 Å². The van der Waals surface area contributed by atoms with Gasteiger partial charge in [-0.05, 0) is 31.7 Å². The molecule has 0 aromatic rings. The Morgan fingerprint density at radius 1 is 1.10 bits per heavy atom. The van der Waals surface area contributed by atoms with E-state index in [0.29, 0.717) is 31.5 Å². The number of amides is 2. The van der Waals surface area contributed by atoms with Crippen LogP contribution in [0.3, 0.4) is 0 Å². The predicted molar refractivity (Wildman–Crippen MR) is 84.9 cm³/mol. The molecule has 0 aliphatic heterocycles. The normalized spacial score (nSPS) is 25.7. The summed E-state index contributed by atoms with van der Waals surface area (Å²) in [5, 5.41) is 5.92. The van der Waals surface area contributed by atoms with Crippen LogP contribution < -0.4 is 10.6 Å². The number of carbonyl (C=O) groups is 2. The molecule has 3 atom stereocenters. The topological polar surface area (TPSA) is 61.4 Å². The van der Waals surface area contributed by atoms with Crippen LogP contribution in [0.1, 0.15) is 47.0 Å². The number of hydrogen-bond donors (Lipinski definition) is 2. The largest absolute Gasteiger partial charge is 0.355 e. The van der Waals surface area contributed by atoms with Crippen LogP contribution in [0.15, 0.2) is 0 Å². The Bertz CT molecular complexity index is 346. The Morgan fingerprint density at radius 3 is 2.38 bits per heavy atom. The lowest BCUT2D eigenvalue weighted by Gasteiger charge is -2.35. The Hall–Kier alpha value is -1.10. The van der Waals surface area contributed by atoms with Crippen LogP contribution in [-0.2, 0) is 9.59 Å². The molecule has 1 rings (SSSR count). The Kier molecular flexibility index (Phi) is 7.72. The van der Waals surface area contributed by atoms with Gasteiger partial charge in [-0.15, -0.1) is 0 Å². The summed E-state index contributed by atoms with van der Waals surface area (Å²) < 4.78 is 0. The maximum atomic E-state index is 12.2. The van der Waals surface area contributed by atoms with Crippen molar-refractivity contribution >= 4 is 11.8 Å². The van der Waals surface area contributed by atoms with Gasteiger partial charge in [0.1, 0.15) is 0 Å². The lowest BCUT2D eigenvalue weighted by Crippen LogP contribution is -2.48. The molecular weight excluding hydrogens is 266 g/mol. The van der Waals surface area contributed by atoms with Gasteiger partial charge in [-0.2, -0.15) is 0 Å². The molecule has 0 aromatic heterocycles. The molecule has 0 spiro atoms. The highest BCUT2D eigenvalue weighted by atomic mass is 16.2. The van der Waals surface area contributed by atoms with E-state index in [1.165, 1.54) is 12.8 Å². The third kappa shape index (κ3) is 6.04. The molecule has 122 valence electrons. The molecule has 0 saturated heterocycles. The van der Waals surface area contributed by atoms with E-state index in [4.69, 9.17) is 0 Å². The second-order valence-electron chi connectivity index (χ2n) is 6.20. The number of nitrogens with zero attached hydrogens (tertiary/aromatic N) is 1. The van der Waals surface area contributed by atoms with Crippen molar-refractivity contribution in [3.8, 4) is 0 Å². The van der Waals surface area contributed by atoms with E-state index >= 15 is 0 Å². The van der Waals surface area contributed by atoms with Crippen molar-refractivity contribution < 1.29 is 9.59 Å². The molecular formula is C16H31N3O2. The van der Waals surface area contributed by atoms with Crippen molar-refractivity contribution in [1.82, 2.24) is 15.5 Å². The van der Waals surface area contributed by atoms with Gasteiger partial charge in [-0.3, -0.25) is 14.5 Å². The molecule has 21 heavy (non-hydrogen) atoms. The van der Waals surface area contributed by atoms with Gasteiger partial charge in [0.15, 0.2) is 0 Å². The van der Waals surface area contributed by atoms with E-state index in [0.717, 1.165) is 6.42 Å². The van der Waals surface area contributed by atoms with Crippen molar-refractivity contribution in [3.05, 3.63) is 0 Å². The van der Waals surface area contributed by atoms with Gasteiger partial charge >= 0.3 is 0 Å². The molecule has 1 aliphatic rings. The molecule has 5 nitrogen and oxygen atoms in total. The first kappa shape index (κ1) is 18.0. The Labute approximate surface area is 128 Å². The van der Waals surface area contributed by atoms with Crippen LogP contribution in [-0.4, -0.2) is 48.9 Å². The van der Waals surface area contributed by atoms with Crippen LogP contribution in [0.4, 0.5) is 0 Å². The van der Waals surface area contributed by atoms with Crippen molar-refractivity contribution in [3.63, 3.8) is 0 Å². The van der Waals surface area contributed by atoms with E-state index in [2.05, 4.69) is 24.5 Å². The maximum Gasteiger partial charge on any atom is 0.234 e. The molecule has 3 unspecified atom stereocenters.